The van der Waals surface area contributed by atoms with Gasteiger partial charge in [-0.1, -0.05) is 32.9 Å². The minimum absolute atomic E-state index is 0.0147. The lowest BCUT2D eigenvalue weighted by Crippen LogP contribution is -2.49. The summed E-state index contributed by atoms with van der Waals surface area (Å²) in [5, 5.41) is 11.8. The van der Waals surface area contributed by atoms with Gasteiger partial charge in [-0.15, -0.1) is 0 Å². The molecule has 0 saturated carbocycles. The molecule has 18 heavy (non-hydrogen) atoms. The molecule has 0 aromatic carbocycles. The third-order valence-corrected chi connectivity index (χ3v) is 3.55. The molecule has 0 radical (unpaired) electrons. The maximum absolute atomic E-state index is 12.5. The van der Waals surface area contributed by atoms with E-state index in [-0.39, 0.29) is 17.7 Å². The van der Waals surface area contributed by atoms with Gasteiger partial charge in [-0.2, -0.15) is 0 Å². The van der Waals surface area contributed by atoms with Gasteiger partial charge in [-0.3, -0.25) is 4.79 Å². The van der Waals surface area contributed by atoms with E-state index in [2.05, 4.69) is 19.0 Å². The summed E-state index contributed by atoms with van der Waals surface area (Å²) < 4.78 is 0. The van der Waals surface area contributed by atoms with Gasteiger partial charge in [0, 0.05) is 13.1 Å². The number of amidine groups is 1. The van der Waals surface area contributed by atoms with Crippen molar-refractivity contribution in [1.29, 1.82) is 0 Å². The quantitative estimate of drug-likeness (QED) is 0.347. The van der Waals surface area contributed by atoms with E-state index in [1.165, 1.54) is 0 Å². The van der Waals surface area contributed by atoms with Gasteiger partial charge >= 0.3 is 0 Å². The Morgan fingerprint density at radius 2 is 1.83 bits per heavy atom. The van der Waals surface area contributed by atoms with Crippen molar-refractivity contribution in [2.45, 2.75) is 34.1 Å². The van der Waals surface area contributed by atoms with Crippen LogP contribution in [-0.2, 0) is 4.79 Å². The van der Waals surface area contributed by atoms with Gasteiger partial charge in [0.25, 0.3) is 0 Å². The number of nitrogens with zero attached hydrogens (tertiary/aromatic N) is 2. The molecule has 1 aliphatic rings. The number of likely N-dealkylation sites (tertiary alicyclic amines) is 1. The lowest BCUT2D eigenvalue weighted by atomic mass is 9.88. The van der Waals surface area contributed by atoms with Gasteiger partial charge in [-0.05, 0) is 24.2 Å². The van der Waals surface area contributed by atoms with Gasteiger partial charge < -0.3 is 15.8 Å². The molecule has 3 unspecified atom stereocenters. The van der Waals surface area contributed by atoms with Crippen molar-refractivity contribution in [2.75, 3.05) is 13.1 Å². The molecular formula is C13H25N3O2. The van der Waals surface area contributed by atoms with Gasteiger partial charge in [0.1, 0.15) is 5.92 Å². The highest BCUT2D eigenvalue weighted by atomic mass is 16.4. The first-order chi connectivity index (χ1) is 8.36. The number of hydrogen-bond acceptors (Lipinski definition) is 3. The number of rotatable bonds is 3. The minimum Gasteiger partial charge on any atom is -0.409 e. The smallest absolute Gasteiger partial charge is 0.233 e. The molecule has 1 heterocycles. The molecule has 1 amide bonds. The van der Waals surface area contributed by atoms with E-state index in [9.17, 15) is 4.79 Å². The molecule has 0 aromatic heterocycles. The maximum Gasteiger partial charge on any atom is 0.233 e. The zero-order valence-corrected chi connectivity index (χ0v) is 11.8. The predicted octanol–water partition coefficient (Wildman–Crippen LogP) is 1.51. The molecule has 5 heteroatoms. The van der Waals surface area contributed by atoms with Crippen LogP contribution >= 0.6 is 0 Å². The Bertz CT molecular complexity index is 318. The van der Waals surface area contributed by atoms with Gasteiger partial charge in [0.2, 0.25) is 5.91 Å². The largest absolute Gasteiger partial charge is 0.409 e. The van der Waals surface area contributed by atoms with E-state index < -0.39 is 5.92 Å². The van der Waals surface area contributed by atoms with Crippen molar-refractivity contribution >= 4 is 11.7 Å². The SMILES string of the molecule is CC1CC(C)CN(C(=O)C(/C(N)=N/O)C(C)C)C1. The zero-order valence-electron chi connectivity index (χ0n) is 11.8. The van der Waals surface area contributed by atoms with Crippen molar-refractivity contribution in [3.05, 3.63) is 0 Å². The Morgan fingerprint density at radius 3 is 2.22 bits per heavy atom. The molecule has 0 aliphatic carbocycles. The highest BCUT2D eigenvalue weighted by Crippen LogP contribution is 2.24. The zero-order chi connectivity index (χ0) is 13.9. The first-order valence-electron chi connectivity index (χ1n) is 6.63. The average Bonchev–Trinajstić information content (AvgIpc) is 2.26. The summed E-state index contributed by atoms with van der Waals surface area (Å²) >= 11 is 0. The van der Waals surface area contributed by atoms with E-state index >= 15 is 0 Å². The summed E-state index contributed by atoms with van der Waals surface area (Å²) in [6.45, 7) is 9.68. The second-order valence-corrected chi connectivity index (χ2v) is 5.94. The van der Waals surface area contributed by atoms with E-state index in [1.807, 2.05) is 18.7 Å². The summed E-state index contributed by atoms with van der Waals surface area (Å²) in [4.78, 5) is 14.3. The number of piperidine rings is 1. The first-order valence-corrected chi connectivity index (χ1v) is 6.63. The van der Waals surface area contributed by atoms with Crippen LogP contribution in [0.25, 0.3) is 0 Å². The molecule has 0 aromatic rings. The Kier molecular flexibility index (Phi) is 4.99. The third kappa shape index (κ3) is 3.37. The van der Waals surface area contributed by atoms with Crippen LogP contribution in [0.3, 0.4) is 0 Å². The molecule has 3 atom stereocenters. The monoisotopic (exact) mass is 255 g/mol. The van der Waals surface area contributed by atoms with Crippen LogP contribution in [0.2, 0.25) is 0 Å². The topological polar surface area (TPSA) is 78.9 Å². The molecule has 0 bridgehead atoms. The molecular weight excluding hydrogens is 230 g/mol. The second-order valence-electron chi connectivity index (χ2n) is 5.94. The standard InChI is InChI=1S/C13H25N3O2/c1-8(2)11(12(14)15-18)13(17)16-6-9(3)5-10(4)7-16/h8-11,18H,5-7H2,1-4H3,(H2,14,15). The number of amides is 1. The van der Waals surface area contributed by atoms with Gasteiger partial charge in [0.15, 0.2) is 5.84 Å². The van der Waals surface area contributed by atoms with Crippen LogP contribution in [0.1, 0.15) is 34.1 Å². The van der Waals surface area contributed by atoms with Crippen molar-refractivity contribution < 1.29 is 10.0 Å². The Labute approximate surface area is 109 Å². The summed E-state index contributed by atoms with van der Waals surface area (Å²) in [7, 11) is 0. The highest BCUT2D eigenvalue weighted by Gasteiger charge is 2.34. The fraction of sp³-hybridized carbons (Fsp3) is 0.846. The van der Waals surface area contributed by atoms with Crippen LogP contribution in [-0.4, -0.2) is 34.9 Å². The lowest BCUT2D eigenvalue weighted by molar-refractivity contribution is -0.137. The highest BCUT2D eigenvalue weighted by molar-refractivity contribution is 6.02. The van der Waals surface area contributed by atoms with E-state index in [1.54, 1.807) is 0 Å². The molecule has 1 aliphatic heterocycles. The van der Waals surface area contributed by atoms with Crippen molar-refractivity contribution in [1.82, 2.24) is 4.90 Å². The number of carbonyl (C=O) groups excluding carboxylic acids is 1. The Balaban J connectivity index is 2.83. The molecule has 104 valence electrons. The maximum atomic E-state index is 12.5. The van der Waals surface area contributed by atoms with Crippen molar-refractivity contribution in [3.63, 3.8) is 0 Å². The van der Waals surface area contributed by atoms with E-state index in [0.717, 1.165) is 19.5 Å². The van der Waals surface area contributed by atoms with Crippen LogP contribution < -0.4 is 5.73 Å². The van der Waals surface area contributed by atoms with E-state index in [4.69, 9.17) is 10.9 Å². The van der Waals surface area contributed by atoms with Crippen molar-refractivity contribution in [3.8, 4) is 0 Å². The van der Waals surface area contributed by atoms with E-state index in [0.29, 0.717) is 11.8 Å². The Hall–Kier alpha value is -1.26. The van der Waals surface area contributed by atoms with Gasteiger partial charge in [-0.25, -0.2) is 0 Å². The van der Waals surface area contributed by atoms with Gasteiger partial charge in [0.05, 0.1) is 0 Å². The number of hydrogen-bond donors (Lipinski definition) is 2. The number of carbonyl (C=O) groups is 1. The summed E-state index contributed by atoms with van der Waals surface area (Å²) in [5.74, 6) is 0.531. The normalized spacial score (nSPS) is 27.4. The Morgan fingerprint density at radius 1 is 1.33 bits per heavy atom. The summed E-state index contributed by atoms with van der Waals surface area (Å²) in [6.07, 6.45) is 1.15. The average molecular weight is 255 g/mol. The van der Waals surface area contributed by atoms with Crippen LogP contribution in [0.15, 0.2) is 5.16 Å². The summed E-state index contributed by atoms with van der Waals surface area (Å²) in [5.41, 5.74) is 5.65. The van der Waals surface area contributed by atoms with Crippen LogP contribution in [0.4, 0.5) is 0 Å². The molecule has 1 rings (SSSR count). The molecule has 1 fully saturated rings. The lowest BCUT2D eigenvalue weighted by Gasteiger charge is -2.37. The number of nitrogens with two attached hydrogens (primary N) is 1. The molecule has 5 nitrogen and oxygen atoms in total. The second kappa shape index (κ2) is 6.07. The van der Waals surface area contributed by atoms with Crippen LogP contribution in [0, 0.1) is 23.7 Å². The summed E-state index contributed by atoms with van der Waals surface area (Å²) in [6, 6.07) is 0. The van der Waals surface area contributed by atoms with Crippen molar-refractivity contribution in [2.24, 2.45) is 34.6 Å². The molecule has 1 saturated heterocycles. The molecule has 3 N–H and O–H groups in total. The fourth-order valence-corrected chi connectivity index (χ4v) is 2.85. The first kappa shape index (κ1) is 14.8. The number of oxime groups is 1. The molecule has 0 spiro atoms. The fourth-order valence-electron chi connectivity index (χ4n) is 2.85. The minimum atomic E-state index is -0.521. The predicted molar refractivity (Wildman–Crippen MR) is 71.3 cm³/mol. The van der Waals surface area contributed by atoms with Crippen LogP contribution in [0.5, 0.6) is 0 Å². The third-order valence-electron chi connectivity index (χ3n) is 3.55.